The van der Waals surface area contributed by atoms with Crippen LogP contribution in [0.1, 0.15) is 37.4 Å². The first-order chi connectivity index (χ1) is 10.1. The number of benzene rings is 1. The van der Waals surface area contributed by atoms with Gasteiger partial charge < -0.3 is 15.4 Å². The first-order valence-corrected chi connectivity index (χ1v) is 7.76. The number of rotatable bonds is 5. The van der Waals surface area contributed by atoms with Gasteiger partial charge in [-0.15, -0.1) is 12.4 Å². The van der Waals surface area contributed by atoms with Crippen molar-refractivity contribution < 1.29 is 9.53 Å². The predicted octanol–water partition coefficient (Wildman–Crippen LogP) is 2.61. The lowest BCUT2D eigenvalue weighted by Crippen LogP contribution is -2.48. The van der Waals surface area contributed by atoms with Gasteiger partial charge in [0.1, 0.15) is 6.10 Å². The van der Waals surface area contributed by atoms with Crippen LogP contribution in [-0.4, -0.2) is 31.7 Å². The van der Waals surface area contributed by atoms with Crippen LogP contribution in [0.2, 0.25) is 0 Å². The molecule has 1 aromatic rings. The number of hydrogen-bond acceptors (Lipinski definition) is 3. The van der Waals surface area contributed by atoms with E-state index >= 15 is 0 Å². The zero-order chi connectivity index (χ0) is 15.2. The Bertz CT molecular complexity index is 473. The summed E-state index contributed by atoms with van der Waals surface area (Å²) in [6, 6.07) is 8.29. The molecule has 0 bridgehead atoms. The van der Waals surface area contributed by atoms with Crippen LogP contribution in [0.15, 0.2) is 24.3 Å². The Labute approximate surface area is 139 Å². The molecule has 5 heteroatoms. The Morgan fingerprint density at radius 2 is 2.14 bits per heavy atom. The zero-order valence-corrected chi connectivity index (χ0v) is 14.4. The number of hydrogen-bond donors (Lipinski definition) is 2. The molecule has 1 heterocycles. The maximum atomic E-state index is 12.4. The fourth-order valence-electron chi connectivity index (χ4n) is 2.71. The van der Waals surface area contributed by atoms with Crippen LogP contribution in [0.25, 0.3) is 0 Å². The molecule has 0 spiro atoms. The van der Waals surface area contributed by atoms with Crippen molar-refractivity contribution in [1.82, 2.24) is 10.6 Å². The van der Waals surface area contributed by atoms with Gasteiger partial charge in [0.15, 0.2) is 0 Å². The van der Waals surface area contributed by atoms with Gasteiger partial charge in [0.05, 0.1) is 12.6 Å². The number of halogens is 1. The standard InChI is InChI=1S/C17H26N2O2.ClH/c1-12(2)10-15(14-7-5-4-6-13(14)3)19-17(20)16-11-18-8-9-21-16;/h4-7,12,15-16,18H,8-11H2,1-3H3,(H,19,20);1H. The number of aryl methyl sites for hydroxylation is 1. The summed E-state index contributed by atoms with van der Waals surface area (Å²) in [6.07, 6.45) is 0.550. The molecule has 0 aromatic heterocycles. The Morgan fingerprint density at radius 3 is 2.73 bits per heavy atom. The molecule has 2 unspecified atom stereocenters. The summed E-state index contributed by atoms with van der Waals surface area (Å²) >= 11 is 0. The SMILES string of the molecule is Cc1ccccc1C(CC(C)C)NC(=O)C1CNCCO1.Cl. The second-order valence-corrected chi connectivity index (χ2v) is 6.11. The number of morpholine rings is 1. The number of ether oxygens (including phenoxy) is 1. The normalized spacial score (nSPS) is 19.4. The van der Waals surface area contributed by atoms with Crippen LogP contribution in [0, 0.1) is 12.8 Å². The van der Waals surface area contributed by atoms with E-state index in [1.807, 2.05) is 12.1 Å². The zero-order valence-electron chi connectivity index (χ0n) is 13.6. The molecule has 2 atom stereocenters. The lowest BCUT2D eigenvalue weighted by atomic mass is 9.93. The van der Waals surface area contributed by atoms with Crippen molar-refractivity contribution >= 4 is 18.3 Å². The molecule has 1 aromatic carbocycles. The third-order valence-corrected chi connectivity index (χ3v) is 3.81. The predicted molar refractivity (Wildman–Crippen MR) is 91.4 cm³/mol. The van der Waals surface area contributed by atoms with Crippen molar-refractivity contribution in [3.8, 4) is 0 Å². The van der Waals surface area contributed by atoms with Crippen molar-refractivity contribution in [2.45, 2.75) is 39.3 Å². The quantitative estimate of drug-likeness (QED) is 0.874. The molecule has 2 rings (SSSR count). The minimum atomic E-state index is -0.377. The van der Waals surface area contributed by atoms with E-state index < -0.39 is 0 Å². The third kappa shape index (κ3) is 5.27. The van der Waals surface area contributed by atoms with Gasteiger partial charge in [-0.3, -0.25) is 4.79 Å². The highest BCUT2D eigenvalue weighted by molar-refractivity contribution is 5.85. The third-order valence-electron chi connectivity index (χ3n) is 3.81. The first kappa shape index (κ1) is 18.9. The van der Waals surface area contributed by atoms with Crippen molar-refractivity contribution in [2.24, 2.45) is 5.92 Å². The molecule has 1 aliphatic rings. The number of amides is 1. The molecule has 0 aliphatic carbocycles. The summed E-state index contributed by atoms with van der Waals surface area (Å²) in [4.78, 5) is 12.4. The largest absolute Gasteiger partial charge is 0.366 e. The fourth-order valence-corrected chi connectivity index (χ4v) is 2.71. The maximum absolute atomic E-state index is 12.4. The number of carbonyl (C=O) groups excluding carboxylic acids is 1. The molecule has 4 nitrogen and oxygen atoms in total. The molecule has 124 valence electrons. The van der Waals surface area contributed by atoms with Crippen LogP contribution >= 0.6 is 12.4 Å². The van der Waals surface area contributed by atoms with Crippen LogP contribution < -0.4 is 10.6 Å². The van der Waals surface area contributed by atoms with E-state index in [9.17, 15) is 4.79 Å². The Balaban J connectivity index is 0.00000242. The summed E-state index contributed by atoms with van der Waals surface area (Å²) < 4.78 is 5.54. The minimum absolute atomic E-state index is 0. The van der Waals surface area contributed by atoms with E-state index in [0.717, 1.165) is 13.0 Å². The van der Waals surface area contributed by atoms with Gasteiger partial charge in [-0.05, 0) is 30.4 Å². The van der Waals surface area contributed by atoms with E-state index in [1.54, 1.807) is 0 Å². The number of nitrogens with one attached hydrogen (secondary N) is 2. The Hall–Kier alpha value is -1.10. The summed E-state index contributed by atoms with van der Waals surface area (Å²) in [5, 5.41) is 6.37. The van der Waals surface area contributed by atoms with Gasteiger partial charge in [-0.2, -0.15) is 0 Å². The Morgan fingerprint density at radius 1 is 1.41 bits per heavy atom. The monoisotopic (exact) mass is 326 g/mol. The molecular formula is C17H27ClN2O2. The van der Waals surface area contributed by atoms with Gasteiger partial charge in [-0.25, -0.2) is 0 Å². The lowest BCUT2D eigenvalue weighted by molar-refractivity contribution is -0.135. The smallest absolute Gasteiger partial charge is 0.250 e. The van der Waals surface area contributed by atoms with Crippen molar-refractivity contribution in [2.75, 3.05) is 19.7 Å². The summed E-state index contributed by atoms with van der Waals surface area (Å²) in [5.74, 6) is 0.497. The van der Waals surface area contributed by atoms with Gasteiger partial charge in [-0.1, -0.05) is 38.1 Å². The highest BCUT2D eigenvalue weighted by atomic mass is 35.5. The second-order valence-electron chi connectivity index (χ2n) is 6.11. The van der Waals surface area contributed by atoms with Gasteiger partial charge in [0.2, 0.25) is 0 Å². The fraction of sp³-hybridized carbons (Fsp3) is 0.588. The van der Waals surface area contributed by atoms with Gasteiger partial charge in [0.25, 0.3) is 5.91 Å². The molecular weight excluding hydrogens is 300 g/mol. The molecule has 2 N–H and O–H groups in total. The minimum Gasteiger partial charge on any atom is -0.366 e. The summed E-state index contributed by atoms with van der Waals surface area (Å²) in [7, 11) is 0. The van der Waals surface area contributed by atoms with E-state index in [0.29, 0.717) is 19.1 Å². The average Bonchev–Trinajstić information content (AvgIpc) is 2.47. The summed E-state index contributed by atoms with van der Waals surface area (Å²) in [5.41, 5.74) is 2.41. The maximum Gasteiger partial charge on any atom is 0.250 e. The van der Waals surface area contributed by atoms with Crippen LogP contribution in [0.4, 0.5) is 0 Å². The summed E-state index contributed by atoms with van der Waals surface area (Å²) in [6.45, 7) is 8.45. The molecule has 1 saturated heterocycles. The highest BCUT2D eigenvalue weighted by Crippen LogP contribution is 2.24. The number of carbonyl (C=O) groups is 1. The average molecular weight is 327 g/mol. The molecule has 22 heavy (non-hydrogen) atoms. The van der Waals surface area contributed by atoms with E-state index in [4.69, 9.17) is 4.74 Å². The van der Waals surface area contributed by atoms with Crippen molar-refractivity contribution in [3.63, 3.8) is 0 Å². The molecule has 1 amide bonds. The van der Waals surface area contributed by atoms with Gasteiger partial charge >= 0.3 is 0 Å². The van der Waals surface area contributed by atoms with Gasteiger partial charge in [0, 0.05) is 13.1 Å². The van der Waals surface area contributed by atoms with Crippen LogP contribution in [-0.2, 0) is 9.53 Å². The topological polar surface area (TPSA) is 50.4 Å². The van der Waals surface area contributed by atoms with Crippen LogP contribution in [0.5, 0.6) is 0 Å². The molecule has 0 saturated carbocycles. The highest BCUT2D eigenvalue weighted by Gasteiger charge is 2.25. The van der Waals surface area contributed by atoms with E-state index in [1.165, 1.54) is 11.1 Å². The lowest BCUT2D eigenvalue weighted by Gasteiger charge is -2.27. The van der Waals surface area contributed by atoms with E-state index in [2.05, 4.69) is 43.5 Å². The van der Waals surface area contributed by atoms with Crippen molar-refractivity contribution in [3.05, 3.63) is 35.4 Å². The van der Waals surface area contributed by atoms with Crippen LogP contribution in [0.3, 0.4) is 0 Å². The molecule has 1 fully saturated rings. The van der Waals surface area contributed by atoms with E-state index in [-0.39, 0.29) is 30.5 Å². The molecule has 0 radical (unpaired) electrons. The first-order valence-electron chi connectivity index (χ1n) is 7.76. The molecule has 1 aliphatic heterocycles. The van der Waals surface area contributed by atoms with Crippen molar-refractivity contribution in [1.29, 1.82) is 0 Å². The second kappa shape index (κ2) is 9.13. The Kier molecular flexibility index (Phi) is 7.87.